The number of esters is 1. The topological polar surface area (TPSA) is 155 Å². The number of hydrogen-bond donors (Lipinski definition) is 3. The van der Waals surface area contributed by atoms with Gasteiger partial charge >= 0.3 is 19.8 Å². The highest BCUT2D eigenvalue weighted by molar-refractivity contribution is 7.47. The van der Waals surface area contributed by atoms with Crippen molar-refractivity contribution in [1.82, 2.24) is 0 Å². The van der Waals surface area contributed by atoms with Crippen LogP contribution in [0.25, 0.3) is 0 Å². The molecule has 0 spiro atoms. The minimum Gasteiger partial charge on any atom is -0.480 e. The standard InChI is InChI=1S/C45H86NO9P/c1-3-5-7-9-11-13-15-17-19-21-22-24-26-28-30-32-34-36-38-52-39-42(40-53-56(50,51)54-41-43(46)45(48)49)55-44(47)37-35-33-31-29-27-25-23-20-18-16-14-12-10-8-6-4-2/h17,19-20,23,42-43H,3-16,18,21-22,24-41,46H2,1-2H3,(H,48,49)(H,50,51)/b19-17-,23-20-. The van der Waals surface area contributed by atoms with Gasteiger partial charge in [0.05, 0.1) is 19.8 Å². The molecule has 0 bridgehead atoms. The zero-order valence-electron chi connectivity index (χ0n) is 36.0. The van der Waals surface area contributed by atoms with E-state index in [1.807, 2.05) is 0 Å². The monoisotopic (exact) mass is 816 g/mol. The van der Waals surface area contributed by atoms with Crippen LogP contribution in [0, 0.1) is 0 Å². The van der Waals surface area contributed by atoms with Crippen molar-refractivity contribution in [2.75, 3.05) is 26.4 Å². The molecule has 0 rings (SSSR count). The minimum atomic E-state index is -4.62. The molecular formula is C45H86NO9P. The summed E-state index contributed by atoms with van der Waals surface area (Å²) in [7, 11) is -4.62. The Kier molecular flexibility index (Phi) is 40.5. The maximum Gasteiger partial charge on any atom is 0.472 e. The molecule has 0 aromatic rings. The van der Waals surface area contributed by atoms with Gasteiger partial charge in [0.1, 0.15) is 12.1 Å². The molecule has 0 fully saturated rings. The van der Waals surface area contributed by atoms with Crippen LogP contribution in [0.3, 0.4) is 0 Å². The second-order valence-corrected chi connectivity index (χ2v) is 17.0. The average Bonchev–Trinajstić information content (AvgIpc) is 3.18. The summed E-state index contributed by atoms with van der Waals surface area (Å²) in [6.07, 6.45) is 45.1. The molecule has 0 saturated heterocycles. The van der Waals surface area contributed by atoms with Crippen molar-refractivity contribution in [3.8, 4) is 0 Å². The largest absolute Gasteiger partial charge is 0.480 e. The fourth-order valence-electron chi connectivity index (χ4n) is 6.36. The Morgan fingerprint density at radius 1 is 0.554 bits per heavy atom. The highest BCUT2D eigenvalue weighted by Gasteiger charge is 2.27. The lowest BCUT2D eigenvalue weighted by molar-refractivity contribution is -0.154. The van der Waals surface area contributed by atoms with Gasteiger partial charge < -0.3 is 25.2 Å². The number of carboxylic acid groups (broad SMARTS) is 1. The number of carbonyl (C=O) groups is 2. The third kappa shape index (κ3) is 40.6. The number of carboxylic acids is 1. The molecular weight excluding hydrogens is 729 g/mol. The number of unbranched alkanes of at least 4 members (excludes halogenated alkanes) is 26. The Morgan fingerprint density at radius 2 is 0.929 bits per heavy atom. The zero-order valence-corrected chi connectivity index (χ0v) is 36.9. The van der Waals surface area contributed by atoms with Gasteiger partial charge in [-0.3, -0.25) is 18.6 Å². The number of aliphatic carboxylic acids is 1. The molecule has 0 aliphatic carbocycles. The van der Waals surface area contributed by atoms with Crippen molar-refractivity contribution >= 4 is 19.8 Å². The molecule has 10 nitrogen and oxygen atoms in total. The fourth-order valence-corrected chi connectivity index (χ4v) is 7.14. The lowest BCUT2D eigenvalue weighted by Gasteiger charge is -2.20. The van der Waals surface area contributed by atoms with Gasteiger partial charge in [-0.2, -0.15) is 0 Å². The first kappa shape index (κ1) is 54.5. The lowest BCUT2D eigenvalue weighted by atomic mass is 10.1. The summed E-state index contributed by atoms with van der Waals surface area (Å²) < 4.78 is 33.4. The summed E-state index contributed by atoms with van der Waals surface area (Å²) in [5, 5.41) is 8.90. The van der Waals surface area contributed by atoms with Crippen LogP contribution in [0.5, 0.6) is 0 Å². The molecule has 0 radical (unpaired) electrons. The maximum absolute atomic E-state index is 12.6. The van der Waals surface area contributed by atoms with E-state index in [0.29, 0.717) is 13.0 Å². The molecule has 11 heteroatoms. The van der Waals surface area contributed by atoms with E-state index in [1.54, 1.807) is 0 Å². The van der Waals surface area contributed by atoms with E-state index in [1.165, 1.54) is 135 Å². The summed E-state index contributed by atoms with van der Waals surface area (Å²) in [6, 6.07) is -1.47. The second-order valence-electron chi connectivity index (χ2n) is 15.5. The number of carbonyl (C=O) groups excluding carboxylic acids is 1. The maximum atomic E-state index is 12.6. The van der Waals surface area contributed by atoms with Gasteiger partial charge in [0.2, 0.25) is 0 Å². The van der Waals surface area contributed by atoms with Gasteiger partial charge in [0, 0.05) is 13.0 Å². The SMILES string of the molecule is CCCCCCCC/C=C\CCCCCCCCCCOCC(COP(=O)(O)OCC(N)C(=O)O)OC(=O)CCCCCCC/C=C\CCCCCCCCC. The quantitative estimate of drug-likeness (QED) is 0.0234. The fraction of sp³-hybridized carbons (Fsp3) is 0.867. The number of phosphoric acid groups is 1. The highest BCUT2D eigenvalue weighted by Crippen LogP contribution is 2.43. The first-order valence-electron chi connectivity index (χ1n) is 22.9. The van der Waals surface area contributed by atoms with Crippen LogP contribution in [0.4, 0.5) is 0 Å². The van der Waals surface area contributed by atoms with Crippen molar-refractivity contribution in [1.29, 1.82) is 0 Å². The van der Waals surface area contributed by atoms with Gasteiger partial charge in [-0.15, -0.1) is 0 Å². The van der Waals surface area contributed by atoms with E-state index in [0.717, 1.165) is 51.4 Å². The summed E-state index contributed by atoms with van der Waals surface area (Å²) in [6.45, 7) is 3.88. The number of hydrogen-bond acceptors (Lipinski definition) is 8. The normalized spacial score (nSPS) is 14.1. The summed E-state index contributed by atoms with van der Waals surface area (Å²) in [5.41, 5.74) is 5.36. The molecule has 0 aromatic heterocycles. The molecule has 56 heavy (non-hydrogen) atoms. The van der Waals surface area contributed by atoms with Crippen molar-refractivity contribution in [3.63, 3.8) is 0 Å². The summed E-state index contributed by atoms with van der Waals surface area (Å²) in [4.78, 5) is 33.6. The Labute approximate surface area is 343 Å². The summed E-state index contributed by atoms with van der Waals surface area (Å²) >= 11 is 0. The predicted molar refractivity (Wildman–Crippen MR) is 231 cm³/mol. The van der Waals surface area contributed by atoms with Crippen LogP contribution in [-0.2, 0) is 32.7 Å². The Balaban J connectivity index is 4.21. The van der Waals surface area contributed by atoms with Crippen LogP contribution in [0.15, 0.2) is 24.3 Å². The van der Waals surface area contributed by atoms with Gasteiger partial charge in [0.15, 0.2) is 0 Å². The van der Waals surface area contributed by atoms with Crippen molar-refractivity contribution in [2.45, 2.75) is 225 Å². The van der Waals surface area contributed by atoms with E-state index in [-0.39, 0.29) is 13.0 Å². The minimum absolute atomic E-state index is 0.0141. The number of rotatable bonds is 44. The number of phosphoric ester groups is 1. The predicted octanol–water partition coefficient (Wildman–Crippen LogP) is 12.7. The Morgan fingerprint density at radius 3 is 1.36 bits per heavy atom. The van der Waals surface area contributed by atoms with Crippen LogP contribution < -0.4 is 5.73 Å². The number of ether oxygens (including phenoxy) is 2. The van der Waals surface area contributed by atoms with Crippen molar-refractivity contribution < 1.29 is 42.7 Å². The highest BCUT2D eigenvalue weighted by atomic mass is 31.2. The molecule has 0 aromatic carbocycles. The van der Waals surface area contributed by atoms with Crippen LogP contribution in [0.1, 0.15) is 213 Å². The van der Waals surface area contributed by atoms with Crippen molar-refractivity contribution in [2.24, 2.45) is 5.73 Å². The average molecular weight is 816 g/mol. The number of nitrogens with two attached hydrogens (primary N) is 1. The molecule has 330 valence electrons. The molecule has 0 saturated carbocycles. The molecule has 0 amide bonds. The molecule has 0 aliphatic rings. The molecule has 0 heterocycles. The zero-order chi connectivity index (χ0) is 41.2. The molecule has 0 aliphatic heterocycles. The van der Waals surface area contributed by atoms with Gasteiger partial charge in [0.25, 0.3) is 0 Å². The van der Waals surface area contributed by atoms with E-state index in [4.69, 9.17) is 29.4 Å². The smallest absolute Gasteiger partial charge is 0.472 e. The number of allylic oxidation sites excluding steroid dienone is 4. The third-order valence-corrected chi connectivity index (χ3v) is 10.9. The van der Waals surface area contributed by atoms with Gasteiger partial charge in [-0.25, -0.2) is 4.57 Å². The second kappa shape index (κ2) is 41.6. The molecule has 4 N–H and O–H groups in total. The van der Waals surface area contributed by atoms with Crippen LogP contribution >= 0.6 is 7.82 Å². The Bertz CT molecular complexity index is 993. The van der Waals surface area contributed by atoms with E-state index in [9.17, 15) is 19.0 Å². The first-order chi connectivity index (χ1) is 27.2. The third-order valence-electron chi connectivity index (χ3n) is 9.95. The lowest BCUT2D eigenvalue weighted by Crippen LogP contribution is -2.34. The molecule has 3 atom stereocenters. The summed E-state index contributed by atoms with van der Waals surface area (Å²) in [5.74, 6) is -1.78. The Hall–Kier alpha value is -1.55. The van der Waals surface area contributed by atoms with E-state index < -0.39 is 45.1 Å². The van der Waals surface area contributed by atoms with Crippen LogP contribution in [0.2, 0.25) is 0 Å². The molecule has 3 unspecified atom stereocenters. The van der Waals surface area contributed by atoms with Gasteiger partial charge in [-0.1, -0.05) is 167 Å². The van der Waals surface area contributed by atoms with Crippen molar-refractivity contribution in [3.05, 3.63) is 24.3 Å². The van der Waals surface area contributed by atoms with E-state index >= 15 is 0 Å². The van der Waals surface area contributed by atoms with Gasteiger partial charge in [-0.05, 0) is 64.2 Å². The van der Waals surface area contributed by atoms with E-state index in [2.05, 4.69) is 38.2 Å². The first-order valence-corrected chi connectivity index (χ1v) is 24.4. The van der Waals surface area contributed by atoms with Crippen LogP contribution in [-0.4, -0.2) is 60.5 Å².